The zero-order chi connectivity index (χ0) is 11.5. The van der Waals surface area contributed by atoms with Crippen molar-refractivity contribution in [2.24, 2.45) is 5.73 Å². The maximum Gasteiger partial charge on any atom is 0.245 e. The van der Waals surface area contributed by atoms with Gasteiger partial charge >= 0.3 is 0 Å². The third-order valence-corrected chi connectivity index (χ3v) is 2.82. The van der Waals surface area contributed by atoms with Crippen LogP contribution in [0.3, 0.4) is 0 Å². The summed E-state index contributed by atoms with van der Waals surface area (Å²) >= 11 is 0. The highest BCUT2D eigenvalue weighted by Gasteiger charge is 2.22. The lowest BCUT2D eigenvalue weighted by molar-refractivity contribution is -0.126. The monoisotopic (exact) mass is 220 g/mol. The Hall–Kier alpha value is -1.39. The quantitative estimate of drug-likeness (QED) is 0.744. The number of hydrogen-bond donors (Lipinski definition) is 2. The SMILES string of the molecule is Cc1ccc2c(c1)C(NOCC(N)=O)CC2. The summed E-state index contributed by atoms with van der Waals surface area (Å²) in [6.45, 7) is 1.98. The molecule has 0 spiro atoms. The molecule has 16 heavy (non-hydrogen) atoms. The molecule has 0 heterocycles. The maximum absolute atomic E-state index is 10.5. The molecule has 1 amide bonds. The molecule has 0 radical (unpaired) electrons. The first-order valence-electron chi connectivity index (χ1n) is 5.42. The fourth-order valence-corrected chi connectivity index (χ4v) is 2.06. The van der Waals surface area contributed by atoms with E-state index in [4.69, 9.17) is 10.6 Å². The van der Waals surface area contributed by atoms with Crippen LogP contribution in [0.1, 0.15) is 29.2 Å². The van der Waals surface area contributed by atoms with Crippen LogP contribution in [-0.4, -0.2) is 12.5 Å². The van der Waals surface area contributed by atoms with Gasteiger partial charge in [-0.05, 0) is 30.9 Å². The predicted octanol–water partition coefficient (Wildman–Crippen LogP) is 0.989. The van der Waals surface area contributed by atoms with Gasteiger partial charge in [-0.3, -0.25) is 9.63 Å². The number of hydroxylamine groups is 1. The second-order valence-electron chi connectivity index (χ2n) is 4.17. The Kier molecular flexibility index (Phi) is 3.22. The van der Waals surface area contributed by atoms with Crippen LogP contribution in [0.25, 0.3) is 0 Å². The average molecular weight is 220 g/mol. The molecule has 3 N–H and O–H groups in total. The normalized spacial score (nSPS) is 18.4. The van der Waals surface area contributed by atoms with Crippen LogP contribution in [0.15, 0.2) is 18.2 Å². The van der Waals surface area contributed by atoms with Crippen LogP contribution in [0.2, 0.25) is 0 Å². The van der Waals surface area contributed by atoms with Crippen molar-refractivity contribution in [3.05, 3.63) is 34.9 Å². The summed E-state index contributed by atoms with van der Waals surface area (Å²) in [5.74, 6) is -0.463. The van der Waals surface area contributed by atoms with E-state index in [0.717, 1.165) is 12.8 Å². The van der Waals surface area contributed by atoms with Gasteiger partial charge in [-0.1, -0.05) is 23.8 Å². The Bertz CT molecular complexity index is 404. The zero-order valence-corrected chi connectivity index (χ0v) is 9.32. The minimum Gasteiger partial charge on any atom is -0.368 e. The van der Waals surface area contributed by atoms with Crippen LogP contribution >= 0.6 is 0 Å². The van der Waals surface area contributed by atoms with Crippen molar-refractivity contribution in [3.8, 4) is 0 Å². The minimum absolute atomic E-state index is 0.0857. The first-order valence-corrected chi connectivity index (χ1v) is 5.42. The molecule has 1 aliphatic rings. The molecule has 0 bridgehead atoms. The standard InChI is InChI=1S/C12H16N2O2/c1-8-2-3-9-4-5-11(10(9)6-8)14-16-7-12(13)15/h2-3,6,11,14H,4-5,7H2,1H3,(H2,13,15). The molecule has 2 rings (SSSR count). The van der Waals surface area contributed by atoms with Gasteiger partial charge < -0.3 is 5.73 Å². The van der Waals surface area contributed by atoms with Gasteiger partial charge in [0.05, 0.1) is 6.04 Å². The number of benzene rings is 1. The van der Waals surface area contributed by atoms with Gasteiger partial charge in [0.25, 0.3) is 0 Å². The van der Waals surface area contributed by atoms with Crippen molar-refractivity contribution in [2.75, 3.05) is 6.61 Å². The molecular formula is C12H16N2O2. The van der Waals surface area contributed by atoms with E-state index in [-0.39, 0.29) is 12.6 Å². The molecule has 0 aromatic heterocycles. The molecule has 1 aliphatic carbocycles. The molecule has 0 aliphatic heterocycles. The van der Waals surface area contributed by atoms with Gasteiger partial charge in [0, 0.05) is 0 Å². The summed E-state index contributed by atoms with van der Waals surface area (Å²) in [5.41, 5.74) is 11.7. The first-order chi connectivity index (χ1) is 7.66. The molecular weight excluding hydrogens is 204 g/mol. The van der Waals surface area contributed by atoms with Crippen molar-refractivity contribution in [3.63, 3.8) is 0 Å². The molecule has 0 saturated carbocycles. The van der Waals surface area contributed by atoms with Crippen molar-refractivity contribution < 1.29 is 9.63 Å². The second kappa shape index (κ2) is 4.63. The fraction of sp³-hybridized carbons (Fsp3) is 0.417. The summed E-state index contributed by atoms with van der Waals surface area (Å²) in [7, 11) is 0. The highest BCUT2D eigenvalue weighted by Crippen LogP contribution is 2.31. The topological polar surface area (TPSA) is 64.3 Å². The van der Waals surface area contributed by atoms with E-state index in [1.54, 1.807) is 0 Å². The molecule has 1 unspecified atom stereocenters. The Morgan fingerprint density at radius 1 is 1.62 bits per heavy atom. The van der Waals surface area contributed by atoms with Crippen LogP contribution in [0.5, 0.6) is 0 Å². The van der Waals surface area contributed by atoms with E-state index < -0.39 is 5.91 Å². The Morgan fingerprint density at radius 3 is 3.19 bits per heavy atom. The van der Waals surface area contributed by atoms with Gasteiger partial charge in [0.1, 0.15) is 6.61 Å². The molecule has 1 aromatic rings. The van der Waals surface area contributed by atoms with Crippen molar-refractivity contribution in [2.45, 2.75) is 25.8 Å². The molecule has 4 nitrogen and oxygen atoms in total. The van der Waals surface area contributed by atoms with Crippen LogP contribution < -0.4 is 11.2 Å². The number of nitrogens with two attached hydrogens (primary N) is 1. The van der Waals surface area contributed by atoms with Gasteiger partial charge in [-0.2, -0.15) is 5.48 Å². The lowest BCUT2D eigenvalue weighted by Gasteiger charge is -2.13. The average Bonchev–Trinajstić information content (AvgIpc) is 2.60. The molecule has 1 aromatic carbocycles. The summed E-state index contributed by atoms with van der Waals surface area (Å²) < 4.78 is 0. The van der Waals surface area contributed by atoms with E-state index in [2.05, 4.69) is 30.6 Å². The summed E-state index contributed by atoms with van der Waals surface area (Å²) in [4.78, 5) is 15.6. The number of carbonyl (C=O) groups excluding carboxylic acids is 1. The highest BCUT2D eigenvalue weighted by molar-refractivity contribution is 5.74. The number of aryl methyl sites for hydroxylation is 2. The molecule has 0 saturated heterocycles. The summed E-state index contributed by atoms with van der Waals surface area (Å²) in [6, 6.07) is 6.61. The second-order valence-corrected chi connectivity index (χ2v) is 4.17. The molecule has 86 valence electrons. The Labute approximate surface area is 94.7 Å². The van der Waals surface area contributed by atoms with Gasteiger partial charge in [0.2, 0.25) is 5.91 Å². The van der Waals surface area contributed by atoms with E-state index in [0.29, 0.717) is 0 Å². The van der Waals surface area contributed by atoms with Crippen LogP contribution in [0, 0.1) is 6.92 Å². The van der Waals surface area contributed by atoms with E-state index in [1.165, 1.54) is 16.7 Å². The number of rotatable bonds is 4. The molecule has 4 heteroatoms. The Balaban J connectivity index is 2.00. The third kappa shape index (κ3) is 2.40. The maximum atomic E-state index is 10.5. The number of fused-ring (bicyclic) bond motifs is 1. The third-order valence-electron chi connectivity index (χ3n) is 2.82. The number of primary amides is 1. The first kappa shape index (κ1) is 11.1. The van der Waals surface area contributed by atoms with Gasteiger partial charge in [-0.15, -0.1) is 0 Å². The van der Waals surface area contributed by atoms with E-state index in [9.17, 15) is 4.79 Å². The largest absolute Gasteiger partial charge is 0.368 e. The smallest absolute Gasteiger partial charge is 0.245 e. The zero-order valence-electron chi connectivity index (χ0n) is 9.32. The van der Waals surface area contributed by atoms with Gasteiger partial charge in [-0.25, -0.2) is 0 Å². The minimum atomic E-state index is -0.463. The van der Waals surface area contributed by atoms with Crippen LogP contribution in [-0.2, 0) is 16.1 Å². The molecule has 1 atom stereocenters. The number of nitrogens with one attached hydrogen (secondary N) is 1. The van der Waals surface area contributed by atoms with Gasteiger partial charge in [0.15, 0.2) is 0 Å². The summed E-state index contributed by atoms with van der Waals surface area (Å²) in [6.07, 6.45) is 2.05. The van der Waals surface area contributed by atoms with Crippen molar-refractivity contribution in [1.29, 1.82) is 0 Å². The van der Waals surface area contributed by atoms with Crippen molar-refractivity contribution in [1.82, 2.24) is 5.48 Å². The number of carbonyl (C=O) groups is 1. The number of hydrogen-bond acceptors (Lipinski definition) is 3. The van der Waals surface area contributed by atoms with Crippen LogP contribution in [0.4, 0.5) is 0 Å². The Morgan fingerprint density at radius 2 is 2.44 bits per heavy atom. The van der Waals surface area contributed by atoms with Crippen molar-refractivity contribution >= 4 is 5.91 Å². The highest BCUT2D eigenvalue weighted by atomic mass is 16.6. The van der Waals surface area contributed by atoms with E-state index >= 15 is 0 Å². The lowest BCUT2D eigenvalue weighted by Crippen LogP contribution is -2.27. The number of amides is 1. The fourth-order valence-electron chi connectivity index (χ4n) is 2.06. The van der Waals surface area contributed by atoms with E-state index in [1.807, 2.05) is 0 Å². The summed E-state index contributed by atoms with van der Waals surface area (Å²) in [5, 5.41) is 0. The predicted molar refractivity (Wildman–Crippen MR) is 60.5 cm³/mol. The lowest BCUT2D eigenvalue weighted by atomic mass is 10.1. The molecule has 0 fully saturated rings.